The Bertz CT molecular complexity index is 444. The Balaban J connectivity index is 2.76. The lowest BCUT2D eigenvalue weighted by molar-refractivity contribution is -0.138. The number of benzene rings is 1. The molecule has 0 saturated heterocycles. The third-order valence-corrected chi connectivity index (χ3v) is 3.79. The van der Waals surface area contributed by atoms with Gasteiger partial charge in [0.2, 0.25) is 0 Å². The maximum absolute atomic E-state index is 13.0. The fourth-order valence-corrected chi connectivity index (χ4v) is 2.58. The second-order valence-electron chi connectivity index (χ2n) is 6.08. The number of hydrogen-bond donors (Lipinski definition) is 1. The van der Waals surface area contributed by atoms with Gasteiger partial charge in [-0.1, -0.05) is 33.8 Å². The van der Waals surface area contributed by atoms with Crippen molar-refractivity contribution in [2.45, 2.75) is 40.4 Å². The van der Waals surface area contributed by atoms with Crippen LogP contribution in [0, 0.1) is 23.6 Å². The van der Waals surface area contributed by atoms with Gasteiger partial charge in [-0.15, -0.1) is 0 Å². The molecule has 5 heteroatoms. The summed E-state index contributed by atoms with van der Waals surface area (Å²) in [6.07, 6.45) is -4.53. The Morgan fingerprint density at radius 3 is 2.10 bits per heavy atom. The lowest BCUT2D eigenvalue weighted by Gasteiger charge is -2.25. The molecule has 21 heavy (non-hydrogen) atoms. The molecule has 0 radical (unpaired) electrons. The highest BCUT2D eigenvalue weighted by molar-refractivity contribution is 5.30. The summed E-state index contributed by atoms with van der Waals surface area (Å²) in [5, 5.41) is 3.07. The maximum Gasteiger partial charge on any atom is 0.416 e. The van der Waals surface area contributed by atoms with Gasteiger partial charge in [-0.3, -0.25) is 0 Å². The largest absolute Gasteiger partial charge is 0.416 e. The van der Waals surface area contributed by atoms with Gasteiger partial charge >= 0.3 is 6.18 Å². The van der Waals surface area contributed by atoms with Crippen LogP contribution in [-0.4, -0.2) is 6.54 Å². The summed E-state index contributed by atoms with van der Waals surface area (Å²) >= 11 is 0. The molecule has 0 spiro atoms. The zero-order valence-corrected chi connectivity index (χ0v) is 12.9. The summed E-state index contributed by atoms with van der Waals surface area (Å²) in [6.45, 7) is 9.14. The first-order valence-electron chi connectivity index (χ1n) is 7.19. The van der Waals surface area contributed by atoms with E-state index in [4.69, 9.17) is 0 Å². The van der Waals surface area contributed by atoms with Crippen LogP contribution in [0.5, 0.6) is 0 Å². The van der Waals surface area contributed by atoms with Gasteiger partial charge in [0, 0.05) is 6.54 Å². The van der Waals surface area contributed by atoms with E-state index in [-0.39, 0.29) is 12.1 Å². The Morgan fingerprint density at radius 1 is 1.05 bits per heavy atom. The molecule has 0 atom stereocenters. The van der Waals surface area contributed by atoms with Gasteiger partial charge in [-0.25, -0.2) is 4.39 Å². The highest BCUT2D eigenvalue weighted by atomic mass is 19.4. The Morgan fingerprint density at radius 2 is 1.62 bits per heavy atom. The van der Waals surface area contributed by atoms with E-state index in [0.717, 1.165) is 6.07 Å². The van der Waals surface area contributed by atoms with Crippen molar-refractivity contribution in [1.29, 1.82) is 0 Å². The molecule has 0 saturated carbocycles. The molecule has 0 aliphatic heterocycles. The Kier molecular flexibility index (Phi) is 6.20. The van der Waals surface area contributed by atoms with Gasteiger partial charge in [-0.05, 0) is 42.0 Å². The normalized spacial score (nSPS) is 12.7. The molecule has 120 valence electrons. The molecule has 0 heterocycles. The third-order valence-electron chi connectivity index (χ3n) is 3.79. The van der Waals surface area contributed by atoms with E-state index >= 15 is 0 Å². The molecule has 1 aromatic carbocycles. The third kappa shape index (κ3) is 5.30. The lowest BCUT2D eigenvalue weighted by Crippen LogP contribution is -2.30. The summed E-state index contributed by atoms with van der Waals surface area (Å²) in [6, 6.07) is 2.82. The first-order chi connectivity index (χ1) is 9.62. The minimum Gasteiger partial charge on any atom is -0.312 e. The van der Waals surface area contributed by atoms with Crippen LogP contribution in [0.25, 0.3) is 0 Å². The monoisotopic (exact) mass is 305 g/mol. The van der Waals surface area contributed by atoms with Crippen LogP contribution < -0.4 is 5.32 Å². The summed E-state index contributed by atoms with van der Waals surface area (Å²) in [4.78, 5) is 0. The zero-order valence-electron chi connectivity index (χ0n) is 12.9. The first kappa shape index (κ1) is 18.0. The van der Waals surface area contributed by atoms with E-state index in [1.165, 1.54) is 6.07 Å². The van der Waals surface area contributed by atoms with E-state index in [0.29, 0.717) is 30.4 Å². The van der Waals surface area contributed by atoms with Gasteiger partial charge in [0.1, 0.15) is 5.82 Å². The van der Waals surface area contributed by atoms with Crippen molar-refractivity contribution in [3.63, 3.8) is 0 Å². The van der Waals surface area contributed by atoms with Crippen LogP contribution in [0.3, 0.4) is 0 Å². The molecule has 1 rings (SSSR count). The van der Waals surface area contributed by atoms with Crippen LogP contribution in [-0.2, 0) is 12.7 Å². The molecule has 0 aromatic heterocycles. The van der Waals surface area contributed by atoms with Crippen molar-refractivity contribution in [3.05, 3.63) is 35.1 Å². The van der Waals surface area contributed by atoms with Crippen LogP contribution in [0.4, 0.5) is 17.6 Å². The summed E-state index contributed by atoms with van der Waals surface area (Å²) in [7, 11) is 0. The average molecular weight is 305 g/mol. The molecule has 0 amide bonds. The predicted molar refractivity (Wildman–Crippen MR) is 76.3 cm³/mol. The minimum absolute atomic E-state index is 0.0789. The standard InChI is InChI=1S/C16H23F4N/c1-10(2)14(11(3)4)9-21-8-12-5-6-13(17)7-15(12)16(18,19)20/h5-7,10-11,14,21H,8-9H2,1-4H3. The SMILES string of the molecule is CC(C)C(CNCc1ccc(F)cc1C(F)(F)F)C(C)C. The van der Waals surface area contributed by atoms with Crippen molar-refractivity contribution < 1.29 is 17.6 Å². The van der Waals surface area contributed by atoms with E-state index in [2.05, 4.69) is 33.0 Å². The van der Waals surface area contributed by atoms with E-state index in [1.807, 2.05) is 0 Å². The fraction of sp³-hybridized carbons (Fsp3) is 0.625. The second kappa shape index (κ2) is 7.25. The predicted octanol–water partition coefficient (Wildman–Crippen LogP) is 4.86. The second-order valence-corrected chi connectivity index (χ2v) is 6.08. The number of nitrogens with one attached hydrogen (secondary N) is 1. The van der Waals surface area contributed by atoms with Crippen molar-refractivity contribution in [3.8, 4) is 0 Å². The molecule has 0 aliphatic carbocycles. The van der Waals surface area contributed by atoms with Crippen molar-refractivity contribution >= 4 is 0 Å². The van der Waals surface area contributed by atoms with Crippen LogP contribution >= 0.6 is 0 Å². The Labute approximate surface area is 123 Å². The van der Waals surface area contributed by atoms with E-state index < -0.39 is 17.6 Å². The summed E-state index contributed by atoms with van der Waals surface area (Å²) in [5.41, 5.74) is -0.823. The van der Waals surface area contributed by atoms with Gasteiger partial charge in [0.05, 0.1) is 5.56 Å². The van der Waals surface area contributed by atoms with Gasteiger partial charge in [0.15, 0.2) is 0 Å². The van der Waals surface area contributed by atoms with Gasteiger partial charge < -0.3 is 5.32 Å². The van der Waals surface area contributed by atoms with E-state index in [9.17, 15) is 17.6 Å². The zero-order chi connectivity index (χ0) is 16.2. The topological polar surface area (TPSA) is 12.0 Å². The van der Waals surface area contributed by atoms with Crippen LogP contribution in [0.15, 0.2) is 18.2 Å². The highest BCUT2D eigenvalue weighted by Crippen LogP contribution is 2.32. The van der Waals surface area contributed by atoms with Crippen molar-refractivity contribution in [2.24, 2.45) is 17.8 Å². The number of hydrogen-bond acceptors (Lipinski definition) is 1. The molecule has 0 aliphatic rings. The molecule has 0 unspecified atom stereocenters. The molecular formula is C16H23F4N. The van der Waals surface area contributed by atoms with Crippen LogP contribution in [0.2, 0.25) is 0 Å². The Hall–Kier alpha value is -1.10. The quantitative estimate of drug-likeness (QED) is 0.740. The van der Waals surface area contributed by atoms with Crippen molar-refractivity contribution in [2.75, 3.05) is 6.54 Å². The lowest BCUT2D eigenvalue weighted by atomic mass is 9.85. The van der Waals surface area contributed by atoms with Gasteiger partial charge in [-0.2, -0.15) is 13.2 Å². The fourth-order valence-electron chi connectivity index (χ4n) is 2.58. The maximum atomic E-state index is 13.0. The number of rotatable bonds is 6. The molecular weight excluding hydrogens is 282 g/mol. The molecule has 0 bridgehead atoms. The number of halogens is 4. The molecule has 1 N–H and O–H groups in total. The van der Waals surface area contributed by atoms with Crippen LogP contribution in [0.1, 0.15) is 38.8 Å². The minimum atomic E-state index is -4.53. The smallest absolute Gasteiger partial charge is 0.312 e. The molecule has 0 fully saturated rings. The number of alkyl halides is 3. The molecule has 1 nitrogen and oxygen atoms in total. The molecule has 1 aromatic rings. The highest BCUT2D eigenvalue weighted by Gasteiger charge is 2.33. The van der Waals surface area contributed by atoms with Gasteiger partial charge in [0.25, 0.3) is 0 Å². The summed E-state index contributed by atoms with van der Waals surface area (Å²) < 4.78 is 51.6. The average Bonchev–Trinajstić information content (AvgIpc) is 2.33. The van der Waals surface area contributed by atoms with E-state index in [1.54, 1.807) is 0 Å². The first-order valence-corrected chi connectivity index (χ1v) is 7.19. The summed E-state index contributed by atoms with van der Waals surface area (Å²) in [5.74, 6) is 0.425. The van der Waals surface area contributed by atoms with Crippen molar-refractivity contribution in [1.82, 2.24) is 5.32 Å².